The Bertz CT molecular complexity index is 86.0. The second-order valence-corrected chi connectivity index (χ2v) is 2.50. The maximum absolute atomic E-state index is 10.1. The van der Waals surface area contributed by atoms with Gasteiger partial charge >= 0.3 is 53.3 Å². The van der Waals surface area contributed by atoms with Gasteiger partial charge in [0.05, 0.1) is 0 Å². The molecule has 0 saturated heterocycles. The molecule has 48 valence electrons. The first-order valence-electron chi connectivity index (χ1n) is 1.56. The molecule has 8 heavy (non-hydrogen) atoms. The van der Waals surface area contributed by atoms with Crippen LogP contribution < -0.4 is 0 Å². The second kappa shape index (κ2) is 5.38. The average molecular weight is 216 g/mol. The van der Waals surface area contributed by atoms with Crippen molar-refractivity contribution in [1.82, 2.24) is 0 Å². The average Bonchev–Trinajstić information content (AvgIpc) is 1.68. The summed E-state index contributed by atoms with van der Waals surface area (Å²) in [6, 6.07) is 0. The van der Waals surface area contributed by atoms with E-state index in [9.17, 15) is 4.57 Å². The summed E-state index contributed by atoms with van der Waals surface area (Å²) in [6.07, 6.45) is 0. The third-order valence-corrected chi connectivity index (χ3v) is 1.38. The van der Waals surface area contributed by atoms with Crippen molar-refractivity contribution in [1.29, 1.82) is 0 Å². The Morgan fingerprint density at radius 3 is 1.62 bits per heavy atom. The van der Waals surface area contributed by atoms with Crippen molar-refractivity contribution in [3.8, 4) is 0 Å². The van der Waals surface area contributed by atoms with Gasteiger partial charge in [-0.3, -0.25) is 9.05 Å². The molecule has 0 rings (SSSR count). The number of hydrogen-bond acceptors (Lipinski definition) is 3. The van der Waals surface area contributed by atoms with E-state index in [-0.39, 0.29) is 45.5 Å². The minimum atomic E-state index is -3.65. The number of phosphoric ester groups is 1. The van der Waals surface area contributed by atoms with Gasteiger partial charge in [-0.2, -0.15) is 0 Å². The Hall–Kier alpha value is 1.59. The zero-order chi connectivity index (χ0) is 5.91. The molecular weight excluding hydrogens is 207 g/mol. The van der Waals surface area contributed by atoms with Crippen LogP contribution in [-0.4, -0.2) is 64.6 Å². The van der Waals surface area contributed by atoms with Crippen molar-refractivity contribution in [3.05, 3.63) is 0 Å². The van der Waals surface area contributed by atoms with Gasteiger partial charge in [0.15, 0.2) is 0 Å². The van der Waals surface area contributed by atoms with E-state index in [0.29, 0.717) is 0 Å². The molecule has 0 aliphatic heterocycles. The van der Waals surface area contributed by atoms with Crippen molar-refractivity contribution in [2.75, 3.05) is 14.2 Å². The Balaban J connectivity index is 0. The molecule has 0 aromatic heterocycles. The summed E-state index contributed by atoms with van der Waals surface area (Å²) in [5.74, 6) is 0. The molecule has 0 unspecified atom stereocenters. The molecule has 0 fully saturated rings. The van der Waals surface area contributed by atoms with E-state index in [4.69, 9.17) is 4.89 Å². The maximum atomic E-state index is 10.1. The Morgan fingerprint density at radius 1 is 1.38 bits per heavy atom. The first-order valence-corrected chi connectivity index (χ1v) is 3.06. The van der Waals surface area contributed by atoms with Crippen molar-refractivity contribution >= 4 is 53.3 Å². The molecule has 1 N–H and O–H groups in total. The first kappa shape index (κ1) is 12.3. The second-order valence-electron chi connectivity index (χ2n) is 0.834. The van der Waals surface area contributed by atoms with Crippen LogP contribution in [0.15, 0.2) is 0 Å². The van der Waals surface area contributed by atoms with E-state index in [1.807, 2.05) is 0 Å². The van der Waals surface area contributed by atoms with Gasteiger partial charge in [0.2, 0.25) is 0 Å². The molecule has 4 nitrogen and oxygen atoms in total. The molecule has 0 aliphatic carbocycles. The zero-order valence-electron chi connectivity index (χ0n) is 4.12. The van der Waals surface area contributed by atoms with Crippen LogP contribution in [0.2, 0.25) is 0 Å². The van der Waals surface area contributed by atoms with Crippen LogP contribution in [0.5, 0.6) is 0 Å². The SMILES string of the molecule is COP(=O)(O)OC.[SrH2]. The molecule has 6 heteroatoms. The molecule has 0 spiro atoms. The van der Waals surface area contributed by atoms with Gasteiger partial charge in [-0.25, -0.2) is 4.57 Å². The van der Waals surface area contributed by atoms with Crippen LogP contribution in [0.25, 0.3) is 0 Å². The summed E-state index contributed by atoms with van der Waals surface area (Å²) in [7, 11) is -1.45. The Morgan fingerprint density at radius 2 is 1.62 bits per heavy atom. The fourth-order valence-corrected chi connectivity index (χ4v) is 0.224. The molecule has 0 aliphatic rings. The third-order valence-electron chi connectivity index (χ3n) is 0.461. The fraction of sp³-hybridized carbons (Fsp3) is 1.00. The molecule has 0 amide bonds. The zero-order valence-corrected chi connectivity index (χ0v) is 5.01. The van der Waals surface area contributed by atoms with Crippen LogP contribution >= 0.6 is 7.82 Å². The molecule has 0 atom stereocenters. The summed E-state index contributed by atoms with van der Waals surface area (Å²) in [5.41, 5.74) is 0. The molecular formula is C2H9O4PSr. The van der Waals surface area contributed by atoms with E-state index in [1.165, 1.54) is 0 Å². The number of rotatable bonds is 2. The molecule has 0 aromatic carbocycles. The quantitative estimate of drug-likeness (QED) is 0.497. The summed E-state index contributed by atoms with van der Waals surface area (Å²) in [5, 5.41) is 0. The van der Waals surface area contributed by atoms with Crippen molar-refractivity contribution in [2.24, 2.45) is 0 Å². The van der Waals surface area contributed by atoms with E-state index < -0.39 is 7.82 Å². The van der Waals surface area contributed by atoms with Crippen molar-refractivity contribution in [2.45, 2.75) is 0 Å². The minimum absolute atomic E-state index is 0. The van der Waals surface area contributed by atoms with Crippen LogP contribution in [0.4, 0.5) is 0 Å². The monoisotopic (exact) mass is 216 g/mol. The van der Waals surface area contributed by atoms with E-state index in [0.717, 1.165) is 14.2 Å². The van der Waals surface area contributed by atoms with Gasteiger partial charge in [0.1, 0.15) is 0 Å². The summed E-state index contributed by atoms with van der Waals surface area (Å²) < 4.78 is 18.0. The number of hydrogen-bond donors (Lipinski definition) is 1. The van der Waals surface area contributed by atoms with E-state index >= 15 is 0 Å². The van der Waals surface area contributed by atoms with Gasteiger partial charge in [-0.1, -0.05) is 0 Å². The summed E-state index contributed by atoms with van der Waals surface area (Å²) in [4.78, 5) is 8.24. The standard InChI is InChI=1S/C2H7O4P.Sr.2H/c1-5-7(3,4)6-2;;;/h1-2H3,(H,3,4);;;. The third kappa shape index (κ3) is 5.72. The van der Waals surface area contributed by atoms with Crippen LogP contribution in [0.1, 0.15) is 0 Å². The molecule has 0 radical (unpaired) electrons. The topological polar surface area (TPSA) is 55.8 Å². The predicted octanol–water partition coefficient (Wildman–Crippen LogP) is -0.537. The molecule has 0 aromatic rings. The summed E-state index contributed by atoms with van der Waals surface area (Å²) in [6.45, 7) is 0. The van der Waals surface area contributed by atoms with Crippen LogP contribution in [0, 0.1) is 0 Å². The van der Waals surface area contributed by atoms with Crippen LogP contribution in [-0.2, 0) is 13.6 Å². The normalized spacial score (nSPS) is 10.4. The first-order chi connectivity index (χ1) is 3.12. The van der Waals surface area contributed by atoms with Crippen LogP contribution in [0.3, 0.4) is 0 Å². The van der Waals surface area contributed by atoms with Crippen molar-refractivity contribution in [3.63, 3.8) is 0 Å². The molecule has 0 heterocycles. The van der Waals surface area contributed by atoms with E-state index in [2.05, 4.69) is 9.05 Å². The van der Waals surface area contributed by atoms with E-state index in [1.54, 1.807) is 0 Å². The molecule has 0 saturated carbocycles. The fourth-order valence-electron chi connectivity index (χ4n) is 0.0745. The Kier molecular flexibility index (Phi) is 8.26. The predicted molar refractivity (Wildman–Crippen MR) is 32.4 cm³/mol. The number of phosphoric acid groups is 1. The van der Waals surface area contributed by atoms with Gasteiger partial charge < -0.3 is 4.89 Å². The summed E-state index contributed by atoms with van der Waals surface area (Å²) >= 11 is 0. The van der Waals surface area contributed by atoms with Gasteiger partial charge in [0.25, 0.3) is 0 Å². The van der Waals surface area contributed by atoms with Gasteiger partial charge in [0, 0.05) is 14.2 Å². The van der Waals surface area contributed by atoms with Gasteiger partial charge in [-0.15, -0.1) is 0 Å². The van der Waals surface area contributed by atoms with Crippen molar-refractivity contribution < 1.29 is 18.5 Å². The Labute approximate surface area is 85.1 Å². The molecule has 0 bridgehead atoms. The van der Waals surface area contributed by atoms with Gasteiger partial charge in [-0.05, 0) is 0 Å².